The molecule has 0 aliphatic carbocycles. The molecular weight excluding hydrogens is 404 g/mol. The predicted molar refractivity (Wildman–Crippen MR) is 95.8 cm³/mol. The Bertz CT molecular complexity index is 835. The van der Waals surface area contributed by atoms with Gasteiger partial charge in [-0.1, -0.05) is 9.45 Å². The number of halogens is 4. The summed E-state index contributed by atoms with van der Waals surface area (Å²) in [5.41, 5.74) is -1.06. The summed E-state index contributed by atoms with van der Waals surface area (Å²) in [6.45, 7) is 3.47. The van der Waals surface area contributed by atoms with Crippen molar-refractivity contribution >= 4 is 26.6 Å². The van der Waals surface area contributed by atoms with Crippen LogP contribution >= 0.6 is 0 Å². The smallest absolute Gasteiger partial charge is 0.416 e. The average molecular weight is 420 g/mol. The van der Waals surface area contributed by atoms with Crippen LogP contribution in [0.5, 0.6) is 5.75 Å². The lowest BCUT2D eigenvalue weighted by molar-refractivity contribution is -0.150. The van der Waals surface area contributed by atoms with Crippen LogP contribution in [0.2, 0.25) is 0 Å². The average Bonchev–Trinajstić information content (AvgIpc) is 2.61. The zero-order valence-corrected chi connectivity index (χ0v) is 16.0. The van der Waals surface area contributed by atoms with Gasteiger partial charge in [0.1, 0.15) is 11.6 Å². The van der Waals surface area contributed by atoms with Crippen molar-refractivity contribution in [2.75, 3.05) is 6.61 Å². The monoisotopic (exact) mass is 420 g/mol. The molecule has 0 N–H and O–H groups in total. The number of hydrogen-bond donors (Lipinski definition) is 0. The third kappa shape index (κ3) is 5.49. The van der Waals surface area contributed by atoms with E-state index in [1.165, 1.54) is 0 Å². The molecule has 146 valence electrons. The van der Waals surface area contributed by atoms with Gasteiger partial charge in [-0.25, -0.2) is 9.18 Å². The van der Waals surface area contributed by atoms with Crippen LogP contribution in [0.25, 0.3) is 0 Å². The third-order valence-corrected chi connectivity index (χ3v) is 5.98. The molecule has 2 rings (SSSR count). The number of alkyl halides is 3. The molecule has 0 fully saturated rings. The van der Waals surface area contributed by atoms with Crippen molar-refractivity contribution in [3.8, 4) is 5.75 Å². The minimum atomic E-state index is -4.62. The van der Waals surface area contributed by atoms with Crippen LogP contribution in [0.3, 0.4) is 0 Å². The van der Waals surface area contributed by atoms with Gasteiger partial charge in [0.25, 0.3) is 0 Å². The van der Waals surface area contributed by atoms with E-state index < -0.39 is 39.1 Å². The molecular formula is C18H16F4O3S2. The molecule has 2 atom stereocenters. The maximum Gasteiger partial charge on any atom is 0.416 e. The molecule has 0 aromatic heterocycles. The number of carbonyl (C=O) groups is 1. The second-order valence-electron chi connectivity index (χ2n) is 5.40. The first-order chi connectivity index (χ1) is 12.6. The summed E-state index contributed by atoms with van der Waals surface area (Å²) in [7, 11) is -1.18. The molecule has 2 aromatic carbocycles. The van der Waals surface area contributed by atoms with Crippen molar-refractivity contribution in [3.05, 3.63) is 53.8 Å². The Morgan fingerprint density at radius 3 is 2.33 bits per heavy atom. The molecule has 0 amide bonds. The maximum atomic E-state index is 14.1. The SMILES string of the molecule is CCOC(=O)C(C)Oc1ccc(S(=S)c2ccc(C(F)(F)F)cc2F)cc1. The minimum absolute atomic E-state index is 0.00607. The Labute approximate surface area is 160 Å². The Morgan fingerprint density at radius 2 is 1.81 bits per heavy atom. The lowest BCUT2D eigenvalue weighted by atomic mass is 10.2. The summed E-state index contributed by atoms with van der Waals surface area (Å²) in [6, 6.07) is 8.59. The van der Waals surface area contributed by atoms with E-state index in [0.29, 0.717) is 16.7 Å². The minimum Gasteiger partial charge on any atom is -0.479 e. The van der Waals surface area contributed by atoms with Crippen LogP contribution in [0.1, 0.15) is 19.4 Å². The number of benzene rings is 2. The summed E-state index contributed by atoms with van der Waals surface area (Å²) in [4.78, 5) is 12.1. The predicted octanol–water partition coefficient (Wildman–Crippen LogP) is 4.67. The summed E-state index contributed by atoms with van der Waals surface area (Å²) in [5, 5.41) is 0. The summed E-state index contributed by atoms with van der Waals surface area (Å²) < 4.78 is 62.3. The molecule has 0 radical (unpaired) electrons. The number of esters is 1. The first-order valence-electron chi connectivity index (χ1n) is 7.85. The molecule has 0 spiro atoms. The van der Waals surface area contributed by atoms with Gasteiger partial charge in [-0.05, 0) is 67.5 Å². The molecule has 0 aliphatic heterocycles. The molecule has 0 aliphatic rings. The Balaban J connectivity index is 2.15. The van der Waals surface area contributed by atoms with Crippen molar-refractivity contribution in [2.24, 2.45) is 0 Å². The van der Waals surface area contributed by atoms with E-state index in [1.54, 1.807) is 38.1 Å². The van der Waals surface area contributed by atoms with E-state index >= 15 is 0 Å². The molecule has 3 nitrogen and oxygen atoms in total. The van der Waals surface area contributed by atoms with Crippen LogP contribution in [0.4, 0.5) is 17.6 Å². The zero-order valence-electron chi connectivity index (χ0n) is 14.4. The summed E-state index contributed by atoms with van der Waals surface area (Å²) in [6.07, 6.45) is -5.42. The van der Waals surface area contributed by atoms with E-state index in [2.05, 4.69) is 0 Å². The van der Waals surface area contributed by atoms with Gasteiger partial charge in [-0.3, -0.25) is 0 Å². The van der Waals surface area contributed by atoms with Crippen LogP contribution in [-0.4, -0.2) is 18.7 Å². The summed E-state index contributed by atoms with van der Waals surface area (Å²) >= 11 is 5.29. The van der Waals surface area contributed by atoms with Crippen molar-refractivity contribution in [2.45, 2.75) is 35.9 Å². The highest BCUT2D eigenvalue weighted by Crippen LogP contribution is 2.32. The molecule has 2 unspecified atom stereocenters. The molecule has 27 heavy (non-hydrogen) atoms. The molecule has 9 heteroatoms. The van der Waals surface area contributed by atoms with Gasteiger partial charge in [0.15, 0.2) is 6.10 Å². The highest BCUT2D eigenvalue weighted by atomic mass is 32.8. The van der Waals surface area contributed by atoms with Crippen LogP contribution in [0.15, 0.2) is 52.3 Å². The van der Waals surface area contributed by atoms with Gasteiger partial charge in [-0.15, -0.1) is 0 Å². The fourth-order valence-corrected chi connectivity index (χ4v) is 3.91. The normalized spacial score (nSPS) is 13.7. The molecule has 0 saturated carbocycles. The quantitative estimate of drug-likeness (QED) is 0.503. The number of ether oxygens (including phenoxy) is 2. The fraction of sp³-hybridized carbons (Fsp3) is 0.278. The highest BCUT2D eigenvalue weighted by Gasteiger charge is 2.31. The lowest BCUT2D eigenvalue weighted by Gasteiger charge is -2.14. The Kier molecular flexibility index (Phi) is 6.94. The Morgan fingerprint density at radius 1 is 1.19 bits per heavy atom. The Hall–Kier alpha value is -2.00. The molecule has 0 saturated heterocycles. The van der Waals surface area contributed by atoms with E-state index in [4.69, 9.17) is 20.7 Å². The number of rotatable bonds is 6. The molecule has 2 aromatic rings. The van der Waals surface area contributed by atoms with E-state index in [9.17, 15) is 22.4 Å². The van der Waals surface area contributed by atoms with Gasteiger partial charge in [0, 0.05) is 4.90 Å². The second kappa shape index (κ2) is 8.79. The maximum absolute atomic E-state index is 14.1. The van der Waals surface area contributed by atoms with Crippen LogP contribution in [0, 0.1) is 5.82 Å². The largest absolute Gasteiger partial charge is 0.479 e. The lowest BCUT2D eigenvalue weighted by Crippen LogP contribution is -2.26. The first-order valence-corrected chi connectivity index (χ1v) is 10.00. The number of carbonyl (C=O) groups excluding carboxylic acids is 1. The van der Waals surface area contributed by atoms with Gasteiger partial charge in [0.05, 0.1) is 17.1 Å². The first kappa shape index (κ1) is 21.3. The van der Waals surface area contributed by atoms with Crippen molar-refractivity contribution < 1.29 is 31.8 Å². The second-order valence-corrected chi connectivity index (χ2v) is 7.84. The van der Waals surface area contributed by atoms with Crippen LogP contribution in [-0.2, 0) is 36.4 Å². The van der Waals surface area contributed by atoms with E-state index in [0.717, 1.165) is 12.1 Å². The van der Waals surface area contributed by atoms with Gasteiger partial charge >= 0.3 is 12.1 Å². The number of hydrogen-bond acceptors (Lipinski definition) is 4. The van der Waals surface area contributed by atoms with Crippen molar-refractivity contribution in [1.82, 2.24) is 0 Å². The third-order valence-electron chi connectivity index (χ3n) is 3.43. The van der Waals surface area contributed by atoms with E-state index in [-0.39, 0.29) is 11.5 Å². The highest BCUT2D eigenvalue weighted by molar-refractivity contribution is 8.28. The van der Waals surface area contributed by atoms with Gasteiger partial charge in [-0.2, -0.15) is 13.2 Å². The zero-order chi connectivity index (χ0) is 20.2. The fourth-order valence-electron chi connectivity index (χ4n) is 2.11. The van der Waals surface area contributed by atoms with Crippen LogP contribution < -0.4 is 4.74 Å². The van der Waals surface area contributed by atoms with Gasteiger partial charge in [0.2, 0.25) is 0 Å². The van der Waals surface area contributed by atoms with Crippen molar-refractivity contribution in [1.29, 1.82) is 0 Å². The van der Waals surface area contributed by atoms with E-state index in [1.807, 2.05) is 0 Å². The molecule has 0 bridgehead atoms. The molecule has 0 heterocycles. The van der Waals surface area contributed by atoms with Crippen molar-refractivity contribution in [3.63, 3.8) is 0 Å². The topological polar surface area (TPSA) is 35.5 Å². The van der Waals surface area contributed by atoms with Gasteiger partial charge < -0.3 is 9.47 Å². The summed E-state index contributed by atoms with van der Waals surface area (Å²) in [5.74, 6) is -1.12. The standard InChI is InChI=1S/C18H16F4O3S2/c1-3-24-17(23)11(2)25-13-5-7-14(8-6-13)27(26)16-9-4-12(10-15(16)19)18(20,21)22/h4-11H,3H2,1-2H3.